The fourth-order valence-electron chi connectivity index (χ4n) is 1.58. The summed E-state index contributed by atoms with van der Waals surface area (Å²) in [6, 6.07) is 3.47. The highest BCUT2D eigenvalue weighted by Gasteiger charge is 2.32. The molecule has 0 aliphatic carbocycles. The van der Waals surface area contributed by atoms with Gasteiger partial charge in [-0.05, 0) is 18.6 Å². The first-order valence-corrected chi connectivity index (χ1v) is 5.85. The highest BCUT2D eigenvalue weighted by atomic mass is 19.4. The second-order valence-electron chi connectivity index (χ2n) is 4.11. The Kier molecular flexibility index (Phi) is 5.14. The molecule has 1 aromatic rings. The molecular formula is C12H15F3N2O2. The topological polar surface area (TPSA) is 62.2 Å². The molecule has 0 fully saturated rings. The lowest BCUT2D eigenvalue weighted by Crippen LogP contribution is -2.23. The van der Waals surface area contributed by atoms with Gasteiger partial charge in [-0.2, -0.15) is 13.2 Å². The van der Waals surface area contributed by atoms with Crippen molar-refractivity contribution in [2.45, 2.75) is 25.9 Å². The molecule has 1 unspecified atom stereocenters. The van der Waals surface area contributed by atoms with E-state index >= 15 is 0 Å². The van der Waals surface area contributed by atoms with Crippen LogP contribution < -0.4 is 5.32 Å². The predicted molar refractivity (Wildman–Crippen MR) is 63.8 cm³/mol. The van der Waals surface area contributed by atoms with E-state index in [-0.39, 0.29) is 12.4 Å². The third kappa shape index (κ3) is 4.76. The minimum atomic E-state index is -4.51. The molecule has 0 aromatic carbocycles. The molecule has 1 heterocycles. The number of carbonyl (C=O) groups is 1. The zero-order valence-corrected chi connectivity index (χ0v) is 10.4. The zero-order chi connectivity index (χ0) is 14.5. The third-order valence-electron chi connectivity index (χ3n) is 2.56. The number of hydrogen-bond donors (Lipinski definition) is 2. The maximum absolute atomic E-state index is 12.4. The Morgan fingerprint density at radius 1 is 1.47 bits per heavy atom. The van der Waals surface area contributed by atoms with Crippen LogP contribution in [-0.4, -0.2) is 22.6 Å². The van der Waals surface area contributed by atoms with E-state index in [9.17, 15) is 18.0 Å². The van der Waals surface area contributed by atoms with Gasteiger partial charge in [0.05, 0.1) is 5.92 Å². The van der Waals surface area contributed by atoms with Gasteiger partial charge in [0.2, 0.25) is 0 Å². The van der Waals surface area contributed by atoms with E-state index in [2.05, 4.69) is 10.3 Å². The van der Waals surface area contributed by atoms with Crippen molar-refractivity contribution in [1.29, 1.82) is 0 Å². The van der Waals surface area contributed by atoms with E-state index in [1.807, 2.05) is 6.92 Å². The van der Waals surface area contributed by atoms with Gasteiger partial charge in [-0.25, -0.2) is 4.98 Å². The second-order valence-corrected chi connectivity index (χ2v) is 4.11. The molecule has 7 heteroatoms. The summed E-state index contributed by atoms with van der Waals surface area (Å²) in [5.74, 6) is -1.58. The lowest BCUT2D eigenvalue weighted by molar-refractivity contribution is -0.142. The average Bonchev–Trinajstić information content (AvgIpc) is 2.33. The minimum absolute atomic E-state index is 0.0252. The van der Waals surface area contributed by atoms with Crippen molar-refractivity contribution in [1.82, 2.24) is 4.98 Å². The quantitative estimate of drug-likeness (QED) is 0.838. The molecule has 0 amide bonds. The van der Waals surface area contributed by atoms with Gasteiger partial charge >= 0.3 is 12.1 Å². The van der Waals surface area contributed by atoms with Gasteiger partial charge in [0.25, 0.3) is 0 Å². The Bertz CT molecular complexity index is 435. The van der Waals surface area contributed by atoms with Crippen molar-refractivity contribution >= 4 is 11.8 Å². The molecule has 0 bridgehead atoms. The zero-order valence-electron chi connectivity index (χ0n) is 10.4. The van der Waals surface area contributed by atoms with Gasteiger partial charge in [-0.1, -0.05) is 19.4 Å². The fraction of sp³-hybridized carbons (Fsp3) is 0.500. The van der Waals surface area contributed by atoms with Gasteiger partial charge < -0.3 is 10.4 Å². The second kappa shape index (κ2) is 6.40. The summed E-state index contributed by atoms with van der Waals surface area (Å²) >= 11 is 0. The Labute approximate surface area is 108 Å². The molecule has 0 radical (unpaired) electrons. The standard InChI is InChI=1S/C12H15F3N2O2/c1-2-4-8(11(18)19)7-16-10-6-3-5-9(17-10)12(13,14)15/h3,5-6,8H,2,4,7H2,1H3,(H,16,17)(H,18,19). The van der Waals surface area contributed by atoms with Crippen molar-refractivity contribution in [2.24, 2.45) is 5.92 Å². The number of nitrogens with one attached hydrogen (secondary N) is 1. The molecule has 106 valence electrons. The van der Waals surface area contributed by atoms with Crippen molar-refractivity contribution in [2.75, 3.05) is 11.9 Å². The molecule has 0 aliphatic heterocycles. The Hall–Kier alpha value is -1.79. The van der Waals surface area contributed by atoms with E-state index in [4.69, 9.17) is 5.11 Å². The van der Waals surface area contributed by atoms with Crippen LogP contribution in [-0.2, 0) is 11.0 Å². The van der Waals surface area contributed by atoms with Crippen molar-refractivity contribution in [3.05, 3.63) is 23.9 Å². The first-order chi connectivity index (χ1) is 8.84. The van der Waals surface area contributed by atoms with Gasteiger partial charge in [-0.15, -0.1) is 0 Å². The van der Waals surface area contributed by atoms with Crippen molar-refractivity contribution in [3.63, 3.8) is 0 Å². The monoisotopic (exact) mass is 276 g/mol. The van der Waals surface area contributed by atoms with Crippen molar-refractivity contribution in [3.8, 4) is 0 Å². The molecule has 1 rings (SSSR count). The molecule has 2 N–H and O–H groups in total. The lowest BCUT2D eigenvalue weighted by Gasteiger charge is -2.13. The van der Waals surface area contributed by atoms with Gasteiger partial charge in [0.15, 0.2) is 0 Å². The number of aromatic nitrogens is 1. The number of alkyl halides is 3. The number of pyridine rings is 1. The minimum Gasteiger partial charge on any atom is -0.481 e. The molecule has 0 aliphatic rings. The van der Waals surface area contributed by atoms with Crippen molar-refractivity contribution < 1.29 is 23.1 Å². The number of aliphatic carboxylic acids is 1. The lowest BCUT2D eigenvalue weighted by atomic mass is 10.0. The van der Waals surface area contributed by atoms with E-state index in [1.165, 1.54) is 12.1 Å². The summed E-state index contributed by atoms with van der Waals surface area (Å²) in [5, 5.41) is 11.6. The molecule has 0 saturated heterocycles. The smallest absolute Gasteiger partial charge is 0.433 e. The number of nitrogens with zero attached hydrogens (tertiary/aromatic N) is 1. The number of hydrogen-bond acceptors (Lipinski definition) is 3. The van der Waals surface area contributed by atoms with Crippen LogP contribution in [0.3, 0.4) is 0 Å². The number of rotatable bonds is 6. The van der Waals surface area contributed by atoms with Crippen LogP contribution in [0, 0.1) is 5.92 Å². The summed E-state index contributed by atoms with van der Waals surface area (Å²) in [6.07, 6.45) is -3.36. The van der Waals surface area contributed by atoms with Crippen LogP contribution in [0.15, 0.2) is 18.2 Å². The summed E-state index contributed by atoms with van der Waals surface area (Å²) in [7, 11) is 0. The van der Waals surface area contributed by atoms with E-state index < -0.39 is 23.8 Å². The molecule has 1 atom stereocenters. The molecular weight excluding hydrogens is 261 g/mol. The summed E-state index contributed by atoms with van der Waals surface area (Å²) in [6.45, 7) is 1.90. The highest BCUT2D eigenvalue weighted by Crippen LogP contribution is 2.28. The van der Waals surface area contributed by atoms with Gasteiger partial charge in [0.1, 0.15) is 11.5 Å². The van der Waals surface area contributed by atoms with Gasteiger partial charge in [0, 0.05) is 6.54 Å². The normalized spacial score (nSPS) is 13.1. The first-order valence-electron chi connectivity index (χ1n) is 5.85. The summed E-state index contributed by atoms with van der Waals surface area (Å²) in [5.41, 5.74) is -1.00. The molecule has 1 aromatic heterocycles. The number of carboxylic acid groups (broad SMARTS) is 1. The summed E-state index contributed by atoms with van der Waals surface area (Å²) < 4.78 is 37.3. The van der Waals surface area contributed by atoms with Crippen LogP contribution in [0.5, 0.6) is 0 Å². The average molecular weight is 276 g/mol. The van der Waals surface area contributed by atoms with Crippen LogP contribution in [0.25, 0.3) is 0 Å². The van der Waals surface area contributed by atoms with Crippen LogP contribution in [0.2, 0.25) is 0 Å². The Morgan fingerprint density at radius 3 is 2.68 bits per heavy atom. The predicted octanol–water partition coefficient (Wildman–Crippen LogP) is 3.01. The molecule has 4 nitrogen and oxygen atoms in total. The third-order valence-corrected chi connectivity index (χ3v) is 2.56. The van der Waals surface area contributed by atoms with Crippen LogP contribution in [0.4, 0.5) is 19.0 Å². The number of halogens is 3. The summed E-state index contributed by atoms with van der Waals surface area (Å²) in [4.78, 5) is 14.3. The SMILES string of the molecule is CCCC(CNc1cccc(C(F)(F)F)n1)C(=O)O. The molecule has 0 saturated carbocycles. The fourth-order valence-corrected chi connectivity index (χ4v) is 1.58. The highest BCUT2D eigenvalue weighted by molar-refractivity contribution is 5.70. The Morgan fingerprint density at radius 2 is 2.16 bits per heavy atom. The largest absolute Gasteiger partial charge is 0.481 e. The Balaban J connectivity index is 2.69. The van der Waals surface area contributed by atoms with Crippen LogP contribution in [0.1, 0.15) is 25.5 Å². The maximum atomic E-state index is 12.4. The molecule has 0 spiro atoms. The van der Waals surface area contributed by atoms with E-state index in [0.29, 0.717) is 12.8 Å². The van der Waals surface area contributed by atoms with E-state index in [0.717, 1.165) is 6.07 Å². The first kappa shape index (κ1) is 15.3. The van der Waals surface area contributed by atoms with Crippen LogP contribution >= 0.6 is 0 Å². The van der Waals surface area contributed by atoms with Gasteiger partial charge in [-0.3, -0.25) is 4.79 Å². The maximum Gasteiger partial charge on any atom is 0.433 e. The molecule has 19 heavy (non-hydrogen) atoms. The van der Waals surface area contributed by atoms with E-state index in [1.54, 1.807) is 0 Å². The number of carboxylic acids is 1. The number of anilines is 1.